The maximum Gasteiger partial charge on any atom is 0.0330 e. The highest BCUT2D eigenvalue weighted by molar-refractivity contribution is 5.00. The van der Waals surface area contributed by atoms with Gasteiger partial charge in [-0.15, -0.1) is 0 Å². The number of nitrogens with zero attached hydrogens (tertiary/aromatic N) is 2. The van der Waals surface area contributed by atoms with Gasteiger partial charge in [-0.1, -0.05) is 0 Å². The van der Waals surface area contributed by atoms with E-state index in [1.54, 1.807) is 0 Å². The van der Waals surface area contributed by atoms with Crippen molar-refractivity contribution in [2.24, 2.45) is 5.92 Å². The molecule has 0 radical (unpaired) electrons. The quantitative estimate of drug-likeness (QED) is 0.759. The average molecular weight is 265 g/mol. The van der Waals surface area contributed by atoms with Crippen LogP contribution < -0.4 is 5.32 Å². The average Bonchev–Trinajstić information content (AvgIpc) is 3.05. The maximum atomic E-state index is 3.72. The number of hydrogen-bond acceptors (Lipinski definition) is 3. The zero-order chi connectivity index (χ0) is 13.5. The van der Waals surface area contributed by atoms with E-state index in [-0.39, 0.29) is 0 Å². The molecule has 3 aliphatic carbocycles. The molecule has 0 aromatic heterocycles. The Morgan fingerprint density at radius 3 is 2.21 bits per heavy atom. The van der Waals surface area contributed by atoms with Crippen LogP contribution in [0.4, 0.5) is 0 Å². The van der Waals surface area contributed by atoms with E-state index in [0.717, 1.165) is 18.0 Å². The van der Waals surface area contributed by atoms with Gasteiger partial charge in [-0.25, -0.2) is 0 Å². The molecular weight excluding hydrogens is 234 g/mol. The summed E-state index contributed by atoms with van der Waals surface area (Å²) in [5, 5.41) is 3.72. The van der Waals surface area contributed by atoms with Crippen molar-refractivity contribution in [2.75, 3.05) is 34.2 Å². The van der Waals surface area contributed by atoms with Crippen molar-refractivity contribution in [3.8, 4) is 0 Å². The molecule has 1 N–H and O–H groups in total. The Morgan fingerprint density at radius 1 is 1.05 bits per heavy atom. The summed E-state index contributed by atoms with van der Waals surface area (Å²) in [4.78, 5) is 5.14. The minimum Gasteiger partial charge on any atom is -0.314 e. The van der Waals surface area contributed by atoms with E-state index in [9.17, 15) is 0 Å². The molecule has 110 valence electrons. The van der Waals surface area contributed by atoms with Gasteiger partial charge in [0.1, 0.15) is 0 Å². The summed E-state index contributed by atoms with van der Waals surface area (Å²) in [6.45, 7) is 2.53. The first-order valence-electron chi connectivity index (χ1n) is 8.22. The zero-order valence-corrected chi connectivity index (χ0v) is 13.0. The monoisotopic (exact) mass is 265 g/mol. The third kappa shape index (κ3) is 2.84. The molecule has 2 unspecified atom stereocenters. The first kappa shape index (κ1) is 13.8. The van der Waals surface area contributed by atoms with Gasteiger partial charge in [-0.05, 0) is 78.6 Å². The van der Waals surface area contributed by atoms with Gasteiger partial charge in [-0.2, -0.15) is 0 Å². The minimum absolute atomic E-state index is 0.485. The summed E-state index contributed by atoms with van der Waals surface area (Å²) in [7, 11) is 6.89. The molecule has 3 rings (SSSR count). The van der Waals surface area contributed by atoms with Crippen molar-refractivity contribution in [3.63, 3.8) is 0 Å². The van der Waals surface area contributed by atoms with Crippen molar-refractivity contribution in [3.05, 3.63) is 0 Å². The molecule has 0 spiro atoms. The SMILES string of the molecule is CN(CC1(N(C)C)CCC1)C1CCC1CNC1CC1. The highest BCUT2D eigenvalue weighted by Crippen LogP contribution is 2.39. The molecule has 2 atom stereocenters. The summed E-state index contributed by atoms with van der Waals surface area (Å²) < 4.78 is 0. The standard InChI is InChI=1S/C16H31N3/c1-18(2)16(9-4-10-16)12-19(3)15-8-5-13(15)11-17-14-6-7-14/h13-15,17H,4-12H2,1-3H3. The number of likely N-dealkylation sites (N-methyl/N-ethyl adjacent to an activating group) is 2. The van der Waals surface area contributed by atoms with Gasteiger partial charge in [-0.3, -0.25) is 0 Å². The van der Waals surface area contributed by atoms with E-state index < -0.39 is 0 Å². The molecule has 0 bridgehead atoms. The molecule has 3 aliphatic rings. The second-order valence-electron chi connectivity index (χ2n) is 7.47. The van der Waals surface area contributed by atoms with Crippen LogP contribution in [0.15, 0.2) is 0 Å². The van der Waals surface area contributed by atoms with Gasteiger partial charge >= 0.3 is 0 Å². The van der Waals surface area contributed by atoms with Crippen molar-refractivity contribution in [1.29, 1.82) is 0 Å². The van der Waals surface area contributed by atoms with Crippen LogP contribution in [0.25, 0.3) is 0 Å². The summed E-state index contributed by atoms with van der Waals surface area (Å²) >= 11 is 0. The van der Waals surface area contributed by atoms with Crippen LogP contribution in [0, 0.1) is 5.92 Å². The van der Waals surface area contributed by atoms with Gasteiger partial charge in [0.2, 0.25) is 0 Å². The summed E-state index contributed by atoms with van der Waals surface area (Å²) in [6.07, 6.45) is 9.88. The molecule has 0 heterocycles. The molecule has 0 amide bonds. The molecule has 0 aromatic rings. The fourth-order valence-electron chi connectivity index (χ4n) is 3.89. The second kappa shape index (κ2) is 5.34. The third-order valence-electron chi connectivity index (χ3n) is 5.97. The Labute approximate surface area is 118 Å². The lowest BCUT2D eigenvalue weighted by atomic mass is 9.73. The number of rotatable bonds is 7. The largest absolute Gasteiger partial charge is 0.314 e. The van der Waals surface area contributed by atoms with Crippen LogP contribution in [-0.2, 0) is 0 Å². The molecule has 3 fully saturated rings. The van der Waals surface area contributed by atoms with Gasteiger partial charge in [0.15, 0.2) is 0 Å². The van der Waals surface area contributed by atoms with Gasteiger partial charge in [0.05, 0.1) is 0 Å². The van der Waals surface area contributed by atoms with Crippen molar-refractivity contribution in [1.82, 2.24) is 15.1 Å². The van der Waals surface area contributed by atoms with E-state index in [1.165, 1.54) is 58.0 Å². The summed E-state index contributed by atoms with van der Waals surface area (Å²) in [6, 6.07) is 1.70. The lowest BCUT2D eigenvalue weighted by Crippen LogP contribution is -2.60. The minimum atomic E-state index is 0.485. The molecule has 3 saturated carbocycles. The highest BCUT2D eigenvalue weighted by Gasteiger charge is 2.43. The molecule has 3 heteroatoms. The Balaban J connectivity index is 1.47. The zero-order valence-electron chi connectivity index (χ0n) is 13.0. The van der Waals surface area contributed by atoms with Crippen LogP contribution in [0.1, 0.15) is 44.9 Å². The van der Waals surface area contributed by atoms with Gasteiger partial charge in [0, 0.05) is 24.2 Å². The van der Waals surface area contributed by atoms with Crippen molar-refractivity contribution >= 4 is 0 Å². The molecule has 0 saturated heterocycles. The Hall–Kier alpha value is -0.120. The second-order valence-corrected chi connectivity index (χ2v) is 7.47. The van der Waals surface area contributed by atoms with Crippen molar-refractivity contribution < 1.29 is 0 Å². The first-order chi connectivity index (χ1) is 9.11. The first-order valence-corrected chi connectivity index (χ1v) is 8.22. The van der Waals surface area contributed by atoms with Crippen LogP contribution in [0.2, 0.25) is 0 Å². The molecule has 3 nitrogen and oxygen atoms in total. The van der Waals surface area contributed by atoms with Crippen LogP contribution in [0.5, 0.6) is 0 Å². The van der Waals surface area contributed by atoms with Crippen LogP contribution in [-0.4, -0.2) is 61.7 Å². The predicted octanol–water partition coefficient (Wildman–Crippen LogP) is 1.93. The Bertz CT molecular complexity index is 307. The Morgan fingerprint density at radius 2 is 1.79 bits per heavy atom. The fourth-order valence-corrected chi connectivity index (χ4v) is 3.89. The smallest absolute Gasteiger partial charge is 0.0330 e. The van der Waals surface area contributed by atoms with E-state index in [4.69, 9.17) is 0 Å². The molecular formula is C16H31N3. The lowest BCUT2D eigenvalue weighted by molar-refractivity contribution is -0.0126. The van der Waals surface area contributed by atoms with E-state index >= 15 is 0 Å². The summed E-state index contributed by atoms with van der Waals surface area (Å²) in [5.41, 5.74) is 0.485. The van der Waals surface area contributed by atoms with Gasteiger partial charge in [0.25, 0.3) is 0 Å². The normalized spacial score (nSPS) is 33.3. The van der Waals surface area contributed by atoms with Crippen LogP contribution >= 0.6 is 0 Å². The Kier molecular flexibility index (Phi) is 3.89. The third-order valence-corrected chi connectivity index (χ3v) is 5.97. The number of nitrogens with one attached hydrogen (secondary N) is 1. The highest BCUT2D eigenvalue weighted by atomic mass is 15.2. The molecule has 0 aliphatic heterocycles. The van der Waals surface area contributed by atoms with E-state index in [1.807, 2.05) is 0 Å². The molecule has 19 heavy (non-hydrogen) atoms. The van der Waals surface area contributed by atoms with E-state index in [2.05, 4.69) is 36.3 Å². The van der Waals surface area contributed by atoms with Crippen LogP contribution in [0.3, 0.4) is 0 Å². The summed E-state index contributed by atoms with van der Waals surface area (Å²) in [5.74, 6) is 0.907. The van der Waals surface area contributed by atoms with Gasteiger partial charge < -0.3 is 15.1 Å². The van der Waals surface area contributed by atoms with Crippen molar-refractivity contribution in [2.45, 2.75) is 62.6 Å². The maximum absolute atomic E-state index is 3.72. The fraction of sp³-hybridized carbons (Fsp3) is 1.00. The van der Waals surface area contributed by atoms with E-state index in [0.29, 0.717) is 5.54 Å². The topological polar surface area (TPSA) is 18.5 Å². The predicted molar refractivity (Wildman–Crippen MR) is 80.4 cm³/mol. The number of hydrogen-bond donors (Lipinski definition) is 1. The molecule has 0 aromatic carbocycles. The lowest BCUT2D eigenvalue weighted by Gasteiger charge is -2.53.